The van der Waals surface area contributed by atoms with Crippen molar-refractivity contribution >= 4 is 17.5 Å². The number of hydrogen-bond acceptors (Lipinski definition) is 8. The first kappa shape index (κ1) is 25.7. The van der Waals surface area contributed by atoms with Gasteiger partial charge in [-0.1, -0.05) is 30.3 Å². The standard InChI is InChI=1S/C30H34N8O3/c1-21-15-23(41-20-29(7-8-29)22-5-3-2-4-6-22)17-38-27(21)33-26(35-38)24(39)18-37-19-30(34-28(37)40)9-13-36(14-10-30)25-16-31-11-12-32-25/h2-6,11-12,15-17,24,39H,7-10,13-14,18-20H2,1H3,(H,34,40). The predicted octanol–water partition coefficient (Wildman–Crippen LogP) is 3.04. The second-order valence-corrected chi connectivity index (χ2v) is 11.7. The summed E-state index contributed by atoms with van der Waals surface area (Å²) in [6.07, 6.45) is 9.74. The van der Waals surface area contributed by atoms with Crippen LogP contribution in [-0.4, -0.2) is 78.9 Å². The van der Waals surface area contributed by atoms with Gasteiger partial charge < -0.3 is 25.0 Å². The molecule has 2 amide bonds. The summed E-state index contributed by atoms with van der Waals surface area (Å²) < 4.78 is 7.91. The van der Waals surface area contributed by atoms with Crippen molar-refractivity contribution in [1.82, 2.24) is 34.8 Å². The van der Waals surface area contributed by atoms with Crippen molar-refractivity contribution in [2.75, 3.05) is 37.7 Å². The molecule has 1 saturated carbocycles. The lowest BCUT2D eigenvalue weighted by Gasteiger charge is -2.39. The van der Waals surface area contributed by atoms with Crippen molar-refractivity contribution in [3.05, 3.63) is 78.1 Å². The van der Waals surface area contributed by atoms with E-state index >= 15 is 0 Å². The summed E-state index contributed by atoms with van der Waals surface area (Å²) in [5.74, 6) is 1.86. The number of ether oxygens (including phenoxy) is 1. The summed E-state index contributed by atoms with van der Waals surface area (Å²) in [4.78, 5) is 29.9. The van der Waals surface area contributed by atoms with Crippen LogP contribution in [0.1, 0.15) is 48.7 Å². The van der Waals surface area contributed by atoms with E-state index in [0.29, 0.717) is 24.6 Å². The van der Waals surface area contributed by atoms with Crippen LogP contribution in [0.25, 0.3) is 5.65 Å². The minimum absolute atomic E-state index is 0.0772. The Hall–Kier alpha value is -4.25. The van der Waals surface area contributed by atoms with E-state index in [-0.39, 0.29) is 23.5 Å². The molecule has 7 rings (SSSR count). The van der Waals surface area contributed by atoms with Crippen molar-refractivity contribution in [1.29, 1.82) is 0 Å². The number of fused-ring (bicyclic) bond motifs is 1. The lowest BCUT2D eigenvalue weighted by molar-refractivity contribution is 0.121. The molecule has 2 saturated heterocycles. The number of nitrogens with zero attached hydrogens (tertiary/aromatic N) is 7. The van der Waals surface area contributed by atoms with E-state index in [0.717, 1.165) is 55.9 Å². The highest BCUT2D eigenvalue weighted by Gasteiger charge is 2.46. The Morgan fingerprint density at radius 1 is 1.12 bits per heavy atom. The number of benzene rings is 1. The molecule has 3 fully saturated rings. The second-order valence-electron chi connectivity index (χ2n) is 11.7. The SMILES string of the molecule is Cc1cc(OCC2(c3ccccc3)CC2)cn2nc(C(O)CN3CC4(CCN(c5cnccn5)CC4)NC3=O)nc12. The molecule has 4 aromatic rings. The number of carbonyl (C=O) groups excluding carboxylic acids is 1. The minimum atomic E-state index is -1.01. The van der Waals surface area contributed by atoms with E-state index in [1.807, 2.05) is 25.3 Å². The fraction of sp³-hybridized carbons (Fsp3) is 0.433. The van der Waals surface area contributed by atoms with Crippen LogP contribution in [0.2, 0.25) is 0 Å². The largest absolute Gasteiger partial charge is 0.491 e. The van der Waals surface area contributed by atoms with Crippen molar-refractivity contribution < 1.29 is 14.6 Å². The molecule has 212 valence electrons. The van der Waals surface area contributed by atoms with Gasteiger partial charge in [0.25, 0.3) is 0 Å². The fourth-order valence-corrected chi connectivity index (χ4v) is 6.16. The Labute approximate surface area is 238 Å². The van der Waals surface area contributed by atoms with E-state index in [1.165, 1.54) is 5.56 Å². The van der Waals surface area contributed by atoms with E-state index in [2.05, 4.69) is 54.5 Å². The zero-order valence-corrected chi connectivity index (χ0v) is 23.1. The van der Waals surface area contributed by atoms with Crippen LogP contribution in [0.5, 0.6) is 5.75 Å². The smallest absolute Gasteiger partial charge is 0.318 e. The Balaban J connectivity index is 0.996. The van der Waals surface area contributed by atoms with E-state index in [1.54, 1.807) is 28.0 Å². The molecule has 11 nitrogen and oxygen atoms in total. The molecule has 3 aromatic heterocycles. The van der Waals surface area contributed by atoms with Gasteiger partial charge >= 0.3 is 6.03 Å². The highest BCUT2D eigenvalue weighted by atomic mass is 16.5. The molecular formula is C30H34N8O3. The maximum Gasteiger partial charge on any atom is 0.318 e. The lowest BCUT2D eigenvalue weighted by atomic mass is 9.88. The highest BCUT2D eigenvalue weighted by molar-refractivity contribution is 5.78. The van der Waals surface area contributed by atoms with Crippen LogP contribution in [0.15, 0.2) is 61.2 Å². The summed E-state index contributed by atoms with van der Waals surface area (Å²) in [6.45, 7) is 4.78. The number of piperidine rings is 1. The zero-order valence-electron chi connectivity index (χ0n) is 23.1. The third-order valence-electron chi connectivity index (χ3n) is 8.80. The Kier molecular flexibility index (Phi) is 6.26. The van der Waals surface area contributed by atoms with Crippen molar-refractivity contribution in [2.45, 2.75) is 49.7 Å². The third-order valence-corrected chi connectivity index (χ3v) is 8.80. The monoisotopic (exact) mass is 554 g/mol. The number of carbonyl (C=O) groups is 1. The number of amides is 2. The summed E-state index contributed by atoms with van der Waals surface area (Å²) in [5, 5.41) is 18.8. The van der Waals surface area contributed by atoms with Crippen LogP contribution < -0.4 is 15.0 Å². The first-order valence-corrected chi connectivity index (χ1v) is 14.2. The van der Waals surface area contributed by atoms with Crippen LogP contribution >= 0.6 is 0 Å². The number of β-amino-alcohol motifs (C(OH)–C–C–N with tert-alkyl or cyclic N) is 1. The first-order valence-electron chi connectivity index (χ1n) is 14.2. The number of urea groups is 1. The molecule has 1 unspecified atom stereocenters. The number of rotatable bonds is 8. The molecule has 2 N–H and O–H groups in total. The number of hydrogen-bond donors (Lipinski definition) is 2. The number of aromatic nitrogens is 5. The molecule has 1 spiro atoms. The molecule has 0 bridgehead atoms. The van der Waals surface area contributed by atoms with Gasteiger partial charge in [0.15, 0.2) is 11.5 Å². The van der Waals surface area contributed by atoms with Crippen molar-refractivity contribution in [2.24, 2.45) is 0 Å². The number of pyridine rings is 1. The van der Waals surface area contributed by atoms with E-state index in [4.69, 9.17) is 4.74 Å². The predicted molar refractivity (Wildman–Crippen MR) is 152 cm³/mol. The molecule has 1 atom stereocenters. The Morgan fingerprint density at radius 3 is 2.66 bits per heavy atom. The van der Waals surface area contributed by atoms with Crippen LogP contribution in [-0.2, 0) is 5.41 Å². The van der Waals surface area contributed by atoms with Crippen LogP contribution in [0, 0.1) is 6.92 Å². The molecule has 1 aromatic carbocycles. The summed E-state index contributed by atoms with van der Waals surface area (Å²) >= 11 is 0. The van der Waals surface area contributed by atoms with Gasteiger partial charge in [-0.15, -0.1) is 5.10 Å². The number of anilines is 1. The average molecular weight is 555 g/mol. The molecule has 5 heterocycles. The Morgan fingerprint density at radius 2 is 1.93 bits per heavy atom. The van der Waals surface area contributed by atoms with Gasteiger partial charge in [0.2, 0.25) is 0 Å². The first-order chi connectivity index (χ1) is 19.9. The van der Waals surface area contributed by atoms with E-state index in [9.17, 15) is 9.90 Å². The van der Waals surface area contributed by atoms with Gasteiger partial charge in [-0.2, -0.15) is 0 Å². The summed E-state index contributed by atoms with van der Waals surface area (Å²) in [6, 6.07) is 12.3. The number of aryl methyl sites for hydroxylation is 1. The summed E-state index contributed by atoms with van der Waals surface area (Å²) in [5.41, 5.74) is 2.64. The molecule has 11 heteroatoms. The molecule has 1 aliphatic carbocycles. The molecule has 0 radical (unpaired) electrons. The van der Waals surface area contributed by atoms with Gasteiger partial charge in [-0.25, -0.2) is 19.3 Å². The quantitative estimate of drug-likeness (QED) is 0.341. The minimum Gasteiger partial charge on any atom is -0.491 e. The topological polar surface area (TPSA) is 121 Å². The lowest BCUT2D eigenvalue weighted by Crippen LogP contribution is -2.52. The fourth-order valence-electron chi connectivity index (χ4n) is 6.16. The molecule has 3 aliphatic rings. The summed E-state index contributed by atoms with van der Waals surface area (Å²) in [7, 11) is 0. The number of aliphatic hydroxyl groups is 1. The normalized spacial score (nSPS) is 19.9. The second kappa shape index (κ2) is 9.99. The zero-order chi connectivity index (χ0) is 28.0. The van der Waals surface area contributed by atoms with Crippen molar-refractivity contribution in [3.63, 3.8) is 0 Å². The van der Waals surface area contributed by atoms with Gasteiger partial charge in [0.1, 0.15) is 17.7 Å². The van der Waals surface area contributed by atoms with Crippen LogP contribution in [0.4, 0.5) is 10.6 Å². The van der Waals surface area contributed by atoms with E-state index < -0.39 is 6.10 Å². The molecule has 41 heavy (non-hydrogen) atoms. The van der Waals surface area contributed by atoms with Gasteiger partial charge in [0, 0.05) is 37.4 Å². The van der Waals surface area contributed by atoms with Gasteiger partial charge in [0.05, 0.1) is 31.1 Å². The maximum absolute atomic E-state index is 12.9. The average Bonchev–Trinajstić information content (AvgIpc) is 3.57. The van der Waals surface area contributed by atoms with Crippen LogP contribution in [0.3, 0.4) is 0 Å². The van der Waals surface area contributed by atoms with Gasteiger partial charge in [-0.3, -0.25) is 4.98 Å². The molecular weight excluding hydrogens is 520 g/mol. The number of aliphatic hydroxyl groups excluding tert-OH is 1. The Bertz CT molecular complexity index is 1550. The highest BCUT2D eigenvalue weighted by Crippen LogP contribution is 2.48. The maximum atomic E-state index is 12.9. The third kappa shape index (κ3) is 4.94. The number of nitrogens with one attached hydrogen (secondary N) is 1. The van der Waals surface area contributed by atoms with Gasteiger partial charge in [-0.05, 0) is 49.8 Å². The molecule has 2 aliphatic heterocycles. The van der Waals surface area contributed by atoms with Crippen molar-refractivity contribution in [3.8, 4) is 5.75 Å².